The topological polar surface area (TPSA) is 84.9 Å². The van der Waals surface area contributed by atoms with Crippen molar-refractivity contribution in [3.63, 3.8) is 0 Å². The van der Waals surface area contributed by atoms with E-state index in [2.05, 4.69) is 5.32 Å². The van der Waals surface area contributed by atoms with Gasteiger partial charge in [-0.3, -0.25) is 4.79 Å². The molecule has 0 aliphatic carbocycles. The molecule has 7 nitrogen and oxygen atoms in total. The Balaban J connectivity index is 1.51. The molecule has 10 heteroatoms. The van der Waals surface area contributed by atoms with Crippen LogP contribution in [-0.4, -0.2) is 32.0 Å². The van der Waals surface area contributed by atoms with Crippen LogP contribution >= 0.6 is 23.2 Å². The molecule has 1 amide bonds. The summed E-state index contributed by atoms with van der Waals surface area (Å²) in [5, 5.41) is 3.51. The lowest BCUT2D eigenvalue weighted by atomic mass is 10.2. The van der Waals surface area contributed by atoms with Crippen molar-refractivity contribution >= 4 is 39.1 Å². The Kier molecular flexibility index (Phi) is 7.09. The number of carbonyl (C=O) groups is 1. The van der Waals surface area contributed by atoms with Crippen LogP contribution < -0.4 is 14.8 Å². The molecule has 1 N–H and O–H groups in total. The number of carbonyl (C=O) groups excluding carboxylic acids is 1. The Labute approximate surface area is 201 Å². The second-order valence-electron chi connectivity index (χ2n) is 7.29. The molecule has 1 aliphatic heterocycles. The molecule has 0 spiro atoms. The second kappa shape index (κ2) is 10.0. The average molecular weight is 507 g/mol. The molecule has 0 saturated heterocycles. The van der Waals surface area contributed by atoms with Crippen molar-refractivity contribution in [3.8, 4) is 11.5 Å². The van der Waals surface area contributed by atoms with Gasteiger partial charge in [0.05, 0.1) is 11.4 Å². The van der Waals surface area contributed by atoms with Gasteiger partial charge >= 0.3 is 0 Å². The van der Waals surface area contributed by atoms with Crippen molar-refractivity contribution in [2.45, 2.75) is 18.0 Å². The number of hydrogen-bond donors (Lipinski definition) is 1. The number of ether oxygens (including phenoxy) is 2. The highest BCUT2D eigenvalue weighted by Crippen LogP contribution is 2.32. The maximum Gasteiger partial charge on any atom is 0.243 e. The van der Waals surface area contributed by atoms with E-state index in [0.29, 0.717) is 27.1 Å². The van der Waals surface area contributed by atoms with Crippen LogP contribution in [0, 0.1) is 0 Å². The fourth-order valence-electron chi connectivity index (χ4n) is 3.27. The van der Waals surface area contributed by atoms with Crippen molar-refractivity contribution in [1.29, 1.82) is 0 Å². The number of amides is 1. The van der Waals surface area contributed by atoms with E-state index in [-0.39, 0.29) is 31.3 Å². The predicted molar refractivity (Wildman–Crippen MR) is 125 cm³/mol. The summed E-state index contributed by atoms with van der Waals surface area (Å²) < 4.78 is 38.3. The van der Waals surface area contributed by atoms with E-state index in [1.165, 1.54) is 18.2 Å². The third kappa shape index (κ3) is 5.59. The van der Waals surface area contributed by atoms with Crippen LogP contribution in [0.2, 0.25) is 10.0 Å². The summed E-state index contributed by atoms with van der Waals surface area (Å²) in [6, 6.07) is 18.1. The molecule has 4 rings (SSSR count). The Hall–Kier alpha value is -2.78. The summed E-state index contributed by atoms with van der Waals surface area (Å²) in [6.07, 6.45) is 0. The number of hydrogen-bond acceptors (Lipinski definition) is 5. The lowest BCUT2D eigenvalue weighted by Gasteiger charge is -2.22. The van der Waals surface area contributed by atoms with Gasteiger partial charge in [-0.1, -0.05) is 53.5 Å². The third-order valence-electron chi connectivity index (χ3n) is 4.99. The zero-order valence-electron chi connectivity index (χ0n) is 17.3. The summed E-state index contributed by atoms with van der Waals surface area (Å²) in [5.74, 6) is 0.787. The van der Waals surface area contributed by atoms with Crippen LogP contribution in [0.15, 0.2) is 71.6 Å². The number of nitrogens with one attached hydrogen (secondary N) is 1. The molecule has 0 saturated carbocycles. The Morgan fingerprint density at radius 3 is 2.48 bits per heavy atom. The van der Waals surface area contributed by atoms with E-state index in [1.54, 1.807) is 48.5 Å². The molecule has 1 aliphatic rings. The minimum absolute atomic E-state index is 0.0821. The standard InChI is InChI=1S/C23H20Cl2N2O5S/c24-18-8-7-17(20(25)11-18)13-27(33(29,30)19-4-2-1-3-5-19)14-23(28)26-12-16-6-9-21-22(10-16)32-15-31-21/h1-11H,12-15H2,(H,26,28). The summed E-state index contributed by atoms with van der Waals surface area (Å²) in [7, 11) is -3.97. The summed E-state index contributed by atoms with van der Waals surface area (Å²) in [4.78, 5) is 12.8. The van der Waals surface area contributed by atoms with Gasteiger partial charge in [0.15, 0.2) is 11.5 Å². The first-order valence-corrected chi connectivity index (χ1v) is 12.2. The number of halogens is 2. The van der Waals surface area contributed by atoms with Gasteiger partial charge in [0.1, 0.15) is 0 Å². The van der Waals surface area contributed by atoms with Gasteiger partial charge in [-0.05, 0) is 47.5 Å². The molecule has 0 atom stereocenters. The van der Waals surface area contributed by atoms with Crippen LogP contribution in [0.1, 0.15) is 11.1 Å². The minimum atomic E-state index is -3.97. The molecular formula is C23H20Cl2N2O5S. The van der Waals surface area contributed by atoms with Crippen LogP contribution in [-0.2, 0) is 27.9 Å². The van der Waals surface area contributed by atoms with Gasteiger partial charge in [0, 0.05) is 23.1 Å². The Morgan fingerprint density at radius 1 is 0.970 bits per heavy atom. The van der Waals surface area contributed by atoms with E-state index >= 15 is 0 Å². The highest BCUT2D eigenvalue weighted by atomic mass is 35.5. The number of sulfonamides is 1. The van der Waals surface area contributed by atoms with Crippen LogP contribution in [0.5, 0.6) is 11.5 Å². The fraction of sp³-hybridized carbons (Fsp3) is 0.174. The van der Waals surface area contributed by atoms with Gasteiger partial charge in [-0.25, -0.2) is 8.42 Å². The van der Waals surface area contributed by atoms with Crippen LogP contribution in [0.4, 0.5) is 0 Å². The molecule has 33 heavy (non-hydrogen) atoms. The van der Waals surface area contributed by atoms with Crippen molar-refractivity contribution in [3.05, 3.63) is 87.9 Å². The summed E-state index contributed by atoms with van der Waals surface area (Å²) >= 11 is 12.2. The van der Waals surface area contributed by atoms with Crippen LogP contribution in [0.3, 0.4) is 0 Å². The SMILES string of the molecule is O=C(CN(Cc1ccc(Cl)cc1Cl)S(=O)(=O)c1ccccc1)NCc1ccc2c(c1)OCO2. The molecule has 3 aromatic rings. The highest BCUT2D eigenvalue weighted by Gasteiger charge is 2.27. The van der Waals surface area contributed by atoms with Crippen LogP contribution in [0.25, 0.3) is 0 Å². The Morgan fingerprint density at radius 2 is 1.73 bits per heavy atom. The lowest BCUT2D eigenvalue weighted by molar-refractivity contribution is -0.121. The molecule has 0 aromatic heterocycles. The first-order chi connectivity index (χ1) is 15.8. The van der Waals surface area contributed by atoms with Gasteiger partial charge in [-0.2, -0.15) is 4.31 Å². The van der Waals surface area contributed by atoms with Crippen molar-refractivity contribution in [2.75, 3.05) is 13.3 Å². The molecule has 172 valence electrons. The highest BCUT2D eigenvalue weighted by molar-refractivity contribution is 7.89. The molecule has 0 radical (unpaired) electrons. The first kappa shape index (κ1) is 23.4. The maximum atomic E-state index is 13.3. The number of rotatable bonds is 8. The number of nitrogens with zero attached hydrogens (tertiary/aromatic N) is 1. The smallest absolute Gasteiger partial charge is 0.243 e. The molecular weight excluding hydrogens is 487 g/mol. The quantitative estimate of drug-likeness (QED) is 0.494. The zero-order chi connectivity index (χ0) is 23.4. The monoisotopic (exact) mass is 506 g/mol. The summed E-state index contributed by atoms with van der Waals surface area (Å²) in [6.45, 7) is -0.119. The summed E-state index contributed by atoms with van der Waals surface area (Å²) in [5.41, 5.74) is 1.33. The lowest BCUT2D eigenvalue weighted by Crippen LogP contribution is -2.40. The Bertz CT molecular complexity index is 1270. The fourth-order valence-corrected chi connectivity index (χ4v) is 5.14. The largest absolute Gasteiger partial charge is 0.454 e. The second-order valence-corrected chi connectivity index (χ2v) is 10.1. The molecule has 3 aromatic carbocycles. The van der Waals surface area contributed by atoms with E-state index < -0.39 is 15.9 Å². The first-order valence-electron chi connectivity index (χ1n) is 9.97. The molecule has 1 heterocycles. The van der Waals surface area contributed by atoms with Gasteiger partial charge in [0.25, 0.3) is 0 Å². The van der Waals surface area contributed by atoms with Gasteiger partial charge < -0.3 is 14.8 Å². The van der Waals surface area contributed by atoms with E-state index in [1.807, 2.05) is 0 Å². The van der Waals surface area contributed by atoms with Crippen molar-refractivity contribution in [1.82, 2.24) is 9.62 Å². The van der Waals surface area contributed by atoms with Crippen molar-refractivity contribution < 1.29 is 22.7 Å². The van der Waals surface area contributed by atoms with E-state index in [9.17, 15) is 13.2 Å². The molecule has 0 bridgehead atoms. The normalized spacial score (nSPS) is 12.7. The molecule has 0 fully saturated rings. The number of benzene rings is 3. The van der Waals surface area contributed by atoms with Gasteiger partial charge in [-0.15, -0.1) is 0 Å². The number of fused-ring (bicyclic) bond motifs is 1. The molecule has 0 unspecified atom stereocenters. The zero-order valence-corrected chi connectivity index (χ0v) is 19.7. The van der Waals surface area contributed by atoms with Crippen molar-refractivity contribution in [2.24, 2.45) is 0 Å². The predicted octanol–water partition coefficient (Wildman–Crippen LogP) is 4.23. The van der Waals surface area contributed by atoms with Gasteiger partial charge in [0.2, 0.25) is 22.7 Å². The maximum absolute atomic E-state index is 13.3. The average Bonchev–Trinajstić information content (AvgIpc) is 3.27. The third-order valence-corrected chi connectivity index (χ3v) is 7.38. The van der Waals surface area contributed by atoms with E-state index in [0.717, 1.165) is 9.87 Å². The van der Waals surface area contributed by atoms with E-state index in [4.69, 9.17) is 32.7 Å². The minimum Gasteiger partial charge on any atom is -0.454 e.